The molecule has 0 aliphatic carbocycles. The van der Waals surface area contributed by atoms with Crippen molar-refractivity contribution in [3.63, 3.8) is 0 Å². The molecule has 0 heterocycles. The number of halogens is 2. The first-order chi connectivity index (χ1) is 9.06. The normalized spacial score (nSPS) is 11.9. The van der Waals surface area contributed by atoms with Gasteiger partial charge in [0.05, 0.1) is 0 Å². The molecule has 2 aromatic carbocycles. The second kappa shape index (κ2) is 5.95. The van der Waals surface area contributed by atoms with Crippen LogP contribution in [0.15, 0.2) is 48.5 Å². The van der Waals surface area contributed by atoms with Gasteiger partial charge in [-0.25, -0.2) is 0 Å². The van der Waals surface area contributed by atoms with Gasteiger partial charge in [-0.1, -0.05) is 35.3 Å². The van der Waals surface area contributed by atoms with Gasteiger partial charge < -0.3 is 11.1 Å². The van der Waals surface area contributed by atoms with Gasteiger partial charge in [-0.15, -0.1) is 0 Å². The van der Waals surface area contributed by atoms with E-state index < -0.39 is 11.9 Å². The predicted octanol–water partition coefficient (Wildman–Crippen LogP) is 3.63. The van der Waals surface area contributed by atoms with E-state index in [1.54, 1.807) is 48.5 Å². The van der Waals surface area contributed by atoms with Crippen molar-refractivity contribution >= 4 is 34.8 Å². The molecule has 2 aromatic rings. The summed E-state index contributed by atoms with van der Waals surface area (Å²) in [7, 11) is 0. The molecular weight excluding hydrogens is 283 g/mol. The quantitative estimate of drug-likeness (QED) is 0.905. The third kappa shape index (κ3) is 3.63. The zero-order valence-corrected chi connectivity index (χ0v) is 11.4. The molecule has 3 nitrogen and oxygen atoms in total. The number of hydrogen-bond acceptors (Lipinski definition) is 2. The Balaban J connectivity index is 2.23. The standard InChI is InChI=1S/C14H12Cl2N2O/c15-10-3-1-9(2-4-10)13(14(17)19)18-12-7-5-11(16)6-8-12/h1-8,13,18H,(H2,17,19). The van der Waals surface area contributed by atoms with Crippen molar-refractivity contribution < 1.29 is 4.79 Å². The lowest BCUT2D eigenvalue weighted by Crippen LogP contribution is -2.27. The van der Waals surface area contributed by atoms with E-state index in [2.05, 4.69) is 5.32 Å². The molecule has 0 saturated carbocycles. The van der Waals surface area contributed by atoms with Crippen molar-refractivity contribution in [1.82, 2.24) is 0 Å². The molecule has 19 heavy (non-hydrogen) atoms. The number of benzene rings is 2. The summed E-state index contributed by atoms with van der Waals surface area (Å²) < 4.78 is 0. The van der Waals surface area contributed by atoms with E-state index in [1.165, 1.54) is 0 Å². The molecular formula is C14H12Cl2N2O. The highest BCUT2D eigenvalue weighted by atomic mass is 35.5. The number of primary amides is 1. The van der Waals surface area contributed by atoms with Crippen molar-refractivity contribution in [2.24, 2.45) is 5.73 Å². The number of carbonyl (C=O) groups is 1. The van der Waals surface area contributed by atoms with Crippen LogP contribution in [0, 0.1) is 0 Å². The minimum atomic E-state index is -0.613. The number of rotatable bonds is 4. The van der Waals surface area contributed by atoms with Crippen LogP contribution in [-0.4, -0.2) is 5.91 Å². The van der Waals surface area contributed by atoms with Gasteiger partial charge in [0.25, 0.3) is 0 Å². The summed E-state index contributed by atoms with van der Waals surface area (Å²) in [5.74, 6) is -0.461. The fourth-order valence-corrected chi connectivity index (χ4v) is 1.94. The lowest BCUT2D eigenvalue weighted by molar-refractivity contribution is -0.118. The molecule has 0 bridgehead atoms. The first-order valence-corrected chi connectivity index (χ1v) is 6.39. The number of carbonyl (C=O) groups excluding carboxylic acids is 1. The predicted molar refractivity (Wildman–Crippen MR) is 78.5 cm³/mol. The van der Waals surface area contributed by atoms with Crippen LogP contribution in [0.2, 0.25) is 10.0 Å². The highest BCUT2D eigenvalue weighted by Crippen LogP contribution is 2.22. The first-order valence-electron chi connectivity index (χ1n) is 5.63. The Morgan fingerprint density at radius 3 is 1.89 bits per heavy atom. The second-order valence-corrected chi connectivity index (χ2v) is 4.91. The topological polar surface area (TPSA) is 55.1 Å². The largest absolute Gasteiger partial charge is 0.370 e. The van der Waals surface area contributed by atoms with E-state index in [-0.39, 0.29) is 0 Å². The number of hydrogen-bond donors (Lipinski definition) is 2. The van der Waals surface area contributed by atoms with Crippen molar-refractivity contribution in [1.29, 1.82) is 0 Å². The molecule has 0 aliphatic rings. The zero-order valence-electron chi connectivity index (χ0n) is 9.94. The summed E-state index contributed by atoms with van der Waals surface area (Å²) in [5, 5.41) is 4.31. The Kier molecular flexibility index (Phi) is 4.30. The molecule has 3 N–H and O–H groups in total. The van der Waals surface area contributed by atoms with Crippen molar-refractivity contribution in [2.45, 2.75) is 6.04 Å². The number of amides is 1. The zero-order chi connectivity index (χ0) is 13.8. The van der Waals surface area contributed by atoms with Gasteiger partial charge in [-0.05, 0) is 42.0 Å². The fourth-order valence-electron chi connectivity index (χ4n) is 1.69. The van der Waals surface area contributed by atoms with Crippen LogP contribution in [0.3, 0.4) is 0 Å². The first kappa shape index (κ1) is 13.7. The van der Waals surface area contributed by atoms with Crippen LogP contribution < -0.4 is 11.1 Å². The van der Waals surface area contributed by atoms with Crippen LogP contribution in [0.4, 0.5) is 5.69 Å². The summed E-state index contributed by atoms with van der Waals surface area (Å²) >= 11 is 11.6. The summed E-state index contributed by atoms with van der Waals surface area (Å²) in [6.45, 7) is 0. The summed E-state index contributed by atoms with van der Waals surface area (Å²) in [6.07, 6.45) is 0. The van der Waals surface area contributed by atoms with Crippen LogP contribution in [0.25, 0.3) is 0 Å². The molecule has 0 spiro atoms. The molecule has 0 saturated heterocycles. The van der Waals surface area contributed by atoms with Gasteiger partial charge in [-0.3, -0.25) is 4.79 Å². The maximum absolute atomic E-state index is 11.6. The highest BCUT2D eigenvalue weighted by Gasteiger charge is 2.17. The number of nitrogens with one attached hydrogen (secondary N) is 1. The summed E-state index contributed by atoms with van der Waals surface area (Å²) in [4.78, 5) is 11.6. The Morgan fingerprint density at radius 1 is 0.947 bits per heavy atom. The molecule has 1 amide bonds. The Labute approximate surface area is 121 Å². The highest BCUT2D eigenvalue weighted by molar-refractivity contribution is 6.30. The average molecular weight is 295 g/mol. The summed E-state index contributed by atoms with van der Waals surface area (Å²) in [6, 6.07) is 13.4. The van der Waals surface area contributed by atoms with Crippen molar-refractivity contribution in [3.05, 3.63) is 64.1 Å². The van der Waals surface area contributed by atoms with Crippen LogP contribution >= 0.6 is 23.2 Å². The molecule has 0 fully saturated rings. The van der Waals surface area contributed by atoms with Gasteiger partial charge in [0.15, 0.2) is 0 Å². The van der Waals surface area contributed by atoms with Gasteiger partial charge in [0.2, 0.25) is 5.91 Å². The van der Waals surface area contributed by atoms with Gasteiger partial charge in [0.1, 0.15) is 6.04 Å². The van der Waals surface area contributed by atoms with Crippen LogP contribution in [0.1, 0.15) is 11.6 Å². The fraction of sp³-hybridized carbons (Fsp3) is 0.0714. The Bertz CT molecular complexity index is 567. The Morgan fingerprint density at radius 2 is 1.42 bits per heavy atom. The second-order valence-electron chi connectivity index (χ2n) is 4.04. The van der Waals surface area contributed by atoms with Crippen LogP contribution in [-0.2, 0) is 4.79 Å². The number of nitrogens with two attached hydrogens (primary N) is 1. The molecule has 1 atom stereocenters. The third-order valence-corrected chi connectivity index (χ3v) is 3.15. The van der Waals surface area contributed by atoms with E-state index >= 15 is 0 Å². The average Bonchev–Trinajstić information content (AvgIpc) is 2.39. The molecule has 1 unspecified atom stereocenters. The third-order valence-electron chi connectivity index (χ3n) is 2.64. The molecule has 98 valence electrons. The summed E-state index contributed by atoms with van der Waals surface area (Å²) in [5.41, 5.74) is 6.95. The van der Waals surface area contributed by atoms with Gasteiger partial charge in [0, 0.05) is 15.7 Å². The minimum absolute atomic E-state index is 0.461. The lowest BCUT2D eigenvalue weighted by atomic mass is 10.1. The van der Waals surface area contributed by atoms with Gasteiger partial charge >= 0.3 is 0 Å². The van der Waals surface area contributed by atoms with Gasteiger partial charge in [-0.2, -0.15) is 0 Å². The van der Waals surface area contributed by atoms with E-state index in [0.29, 0.717) is 10.0 Å². The molecule has 0 aliphatic heterocycles. The smallest absolute Gasteiger partial charge is 0.244 e. The SMILES string of the molecule is NC(=O)C(Nc1ccc(Cl)cc1)c1ccc(Cl)cc1. The Hall–Kier alpha value is -1.71. The van der Waals surface area contributed by atoms with E-state index in [4.69, 9.17) is 28.9 Å². The molecule has 0 radical (unpaired) electrons. The van der Waals surface area contributed by atoms with Crippen molar-refractivity contribution in [2.75, 3.05) is 5.32 Å². The van der Waals surface area contributed by atoms with Crippen LogP contribution in [0.5, 0.6) is 0 Å². The minimum Gasteiger partial charge on any atom is -0.370 e. The number of anilines is 1. The molecule has 0 aromatic heterocycles. The van der Waals surface area contributed by atoms with E-state index in [0.717, 1.165) is 11.3 Å². The molecule has 5 heteroatoms. The maximum Gasteiger partial charge on any atom is 0.244 e. The maximum atomic E-state index is 11.6. The molecule has 2 rings (SSSR count). The monoisotopic (exact) mass is 294 g/mol. The lowest BCUT2D eigenvalue weighted by Gasteiger charge is -2.17. The van der Waals surface area contributed by atoms with E-state index in [1.807, 2.05) is 0 Å². The van der Waals surface area contributed by atoms with E-state index in [9.17, 15) is 4.79 Å². The van der Waals surface area contributed by atoms with Crippen molar-refractivity contribution in [3.8, 4) is 0 Å².